The van der Waals surface area contributed by atoms with Crippen molar-refractivity contribution in [3.8, 4) is 23.4 Å². The Morgan fingerprint density at radius 3 is 2.27 bits per heavy atom. The number of aromatic nitrogens is 1. The first kappa shape index (κ1) is 36.8. The summed E-state index contributed by atoms with van der Waals surface area (Å²) in [5.74, 6) is 0.713. The molecule has 0 bridgehead atoms. The van der Waals surface area contributed by atoms with Crippen molar-refractivity contribution in [1.82, 2.24) is 4.98 Å². The molecule has 1 aromatic heterocycles. The molecule has 1 fully saturated rings. The van der Waals surface area contributed by atoms with Crippen LogP contribution in [-0.4, -0.2) is 25.2 Å². The highest BCUT2D eigenvalue weighted by Gasteiger charge is 2.61. The van der Waals surface area contributed by atoms with Crippen LogP contribution in [0.5, 0.6) is 17.4 Å². The number of hydrogen-bond donors (Lipinski definition) is 0. The van der Waals surface area contributed by atoms with Crippen LogP contribution < -0.4 is 9.26 Å². The van der Waals surface area contributed by atoms with Gasteiger partial charge in [-0.15, -0.1) is 0 Å². The van der Waals surface area contributed by atoms with E-state index in [0.717, 1.165) is 3.39 Å². The van der Waals surface area contributed by atoms with E-state index in [2.05, 4.69) is 42.9 Å². The van der Waals surface area contributed by atoms with E-state index >= 15 is 0 Å². The molecule has 8 nitrogen and oxygen atoms in total. The third kappa shape index (κ3) is 9.89. The molecule has 0 aliphatic heterocycles. The van der Waals surface area contributed by atoms with Crippen LogP contribution in [0.1, 0.15) is 25.5 Å². The largest absolute Gasteiger partial charge is 0.457 e. The summed E-state index contributed by atoms with van der Waals surface area (Å²) in [5, 5.41) is 10.0. The smallest absolute Gasteiger partial charge is 0.381 e. The number of carbonyl (C=O) groups is 1. The number of benzene rings is 2. The maximum Gasteiger partial charge on any atom is 0.381 e. The highest BCUT2D eigenvalue weighted by molar-refractivity contribution is 9.28. The molecule has 1 aliphatic rings. The van der Waals surface area contributed by atoms with Gasteiger partial charge in [0.2, 0.25) is 12.0 Å². The second-order valence-corrected chi connectivity index (χ2v) is 16.8. The van der Waals surface area contributed by atoms with E-state index < -0.39 is 12.8 Å². The van der Waals surface area contributed by atoms with Crippen LogP contribution in [0.25, 0.3) is 0 Å². The van der Waals surface area contributed by atoms with Crippen molar-refractivity contribution in [1.29, 1.82) is 5.26 Å². The topological polar surface area (TPSA) is 99.9 Å². The minimum absolute atomic E-state index is 0.0306. The van der Waals surface area contributed by atoms with Gasteiger partial charge in [-0.05, 0) is 73.5 Å². The van der Waals surface area contributed by atoms with Crippen molar-refractivity contribution < 1.29 is 27.8 Å². The zero-order chi connectivity index (χ0) is 32.7. The van der Waals surface area contributed by atoms with E-state index in [4.69, 9.17) is 69.7 Å². The number of ether oxygens (including phenoxy) is 2. The quantitative estimate of drug-likeness (QED) is 0.112. The number of allylic oxidation sites excluding steroid dienone is 1. The van der Waals surface area contributed by atoms with Gasteiger partial charge in [-0.2, -0.15) is 10.2 Å². The van der Waals surface area contributed by atoms with Crippen molar-refractivity contribution in [2.45, 2.75) is 20.0 Å². The number of halogens is 5. The van der Waals surface area contributed by atoms with Crippen molar-refractivity contribution in [3.05, 3.63) is 90.9 Å². The summed E-state index contributed by atoms with van der Waals surface area (Å²) in [6, 6.07) is 19.9. The van der Waals surface area contributed by atoms with Gasteiger partial charge >= 0.3 is 12.7 Å². The van der Waals surface area contributed by atoms with Gasteiger partial charge in [0, 0.05) is 31.6 Å². The lowest BCUT2D eigenvalue weighted by molar-refractivity contribution is -0.149. The van der Waals surface area contributed by atoms with Gasteiger partial charge in [0.1, 0.15) is 22.6 Å². The van der Waals surface area contributed by atoms with Gasteiger partial charge in [0.05, 0.1) is 14.3 Å². The Balaban J connectivity index is 0.000000281. The Labute approximate surface area is 293 Å². The molecule has 1 heterocycles. The molecule has 1 saturated carbocycles. The number of pyridine rings is 1. The molecule has 44 heavy (non-hydrogen) atoms. The summed E-state index contributed by atoms with van der Waals surface area (Å²) < 4.78 is 27.3. The molecule has 0 saturated heterocycles. The van der Waals surface area contributed by atoms with Crippen LogP contribution in [0.3, 0.4) is 0 Å². The summed E-state index contributed by atoms with van der Waals surface area (Å²) in [6.07, 6.45) is 0.960. The van der Waals surface area contributed by atoms with E-state index in [0.29, 0.717) is 17.1 Å². The number of carbonyl (C=O) groups excluding carboxylic acids is 1. The molecule has 0 unspecified atom stereocenters. The molecule has 3 aromatic rings. The van der Waals surface area contributed by atoms with E-state index in [1.165, 1.54) is 20.3 Å². The Kier molecular flexibility index (Phi) is 13.5. The Morgan fingerprint density at radius 2 is 1.68 bits per heavy atom. The van der Waals surface area contributed by atoms with Crippen LogP contribution in [0.15, 0.2) is 70.1 Å². The summed E-state index contributed by atoms with van der Waals surface area (Å²) in [5.41, 5.74) is 0.374. The zero-order valence-electron chi connectivity index (χ0n) is 23.7. The molecule has 234 valence electrons. The molecule has 0 amide bonds. The lowest BCUT2D eigenvalue weighted by Gasteiger charge is -2.18. The van der Waals surface area contributed by atoms with Crippen molar-refractivity contribution in [2.24, 2.45) is 17.3 Å². The fourth-order valence-electron chi connectivity index (χ4n) is 4.05. The SMILES string of the molecule is CC1(C)[C@H](C(=O)O[C@H](C#N)c2cccc(Oc3ccccc3)c2)[C@@H]1C=C(Br)Br.COP(=S)(OC)Oc1nc(Cl)c(Cl)cc1Cl. The molecule has 2 aromatic carbocycles. The zero-order valence-corrected chi connectivity index (χ0v) is 30.8. The van der Waals surface area contributed by atoms with Crippen molar-refractivity contribution in [3.63, 3.8) is 0 Å². The molecule has 0 N–H and O–H groups in total. The summed E-state index contributed by atoms with van der Waals surface area (Å²) in [6.45, 7) is 1.14. The normalized spacial score (nSPS) is 17.2. The monoisotopic (exact) mass is 824 g/mol. The standard InChI is InChI=1S/C22H19Br2NO3.C7H7Cl3NO3PS/c1-22(2)17(12-19(23)24)20(22)21(26)28-18(13-25)14-7-6-10-16(11-14)27-15-8-4-3-5-9-15;1-12-15(16,13-2)14-7-5(9)3-4(8)6(10)11-7/h3-12,17-18,20H,1-2H3;3H,1-2H3/t17-,18+,20-;/m0./s1. The third-order valence-corrected chi connectivity index (χ3v) is 10.3. The van der Waals surface area contributed by atoms with E-state index in [1.54, 1.807) is 24.3 Å². The lowest BCUT2D eigenvalue weighted by Crippen LogP contribution is -2.14. The fraction of sp³-hybridized carbons (Fsp3) is 0.276. The second kappa shape index (κ2) is 16.2. The van der Waals surface area contributed by atoms with E-state index in [9.17, 15) is 10.1 Å². The van der Waals surface area contributed by atoms with Gasteiger partial charge < -0.3 is 23.0 Å². The Hall–Kier alpha value is -1.71. The number of nitrogens with zero attached hydrogens (tertiary/aromatic N) is 2. The van der Waals surface area contributed by atoms with Gasteiger partial charge in [0.25, 0.3) is 0 Å². The second-order valence-electron chi connectivity index (χ2n) is 9.67. The van der Waals surface area contributed by atoms with Crippen LogP contribution in [0.4, 0.5) is 0 Å². The molecule has 0 radical (unpaired) electrons. The van der Waals surface area contributed by atoms with Gasteiger partial charge in [-0.25, -0.2) is 0 Å². The average molecular weight is 828 g/mol. The van der Waals surface area contributed by atoms with Crippen LogP contribution in [0, 0.1) is 28.6 Å². The number of hydrogen-bond acceptors (Lipinski definition) is 9. The first-order chi connectivity index (χ1) is 20.7. The molecule has 0 spiro atoms. The van der Waals surface area contributed by atoms with Crippen LogP contribution in [0.2, 0.25) is 15.2 Å². The number of esters is 1. The maximum absolute atomic E-state index is 12.7. The van der Waals surface area contributed by atoms with E-state index in [-0.39, 0.29) is 44.3 Å². The molecule has 4 rings (SSSR count). The third-order valence-electron chi connectivity index (χ3n) is 6.46. The summed E-state index contributed by atoms with van der Waals surface area (Å²) in [4.78, 5) is 16.5. The van der Waals surface area contributed by atoms with Gasteiger partial charge in [-0.3, -0.25) is 4.79 Å². The Bertz CT molecular complexity index is 1600. The fourth-order valence-corrected chi connectivity index (χ4v) is 6.06. The molecule has 15 heteroatoms. The van der Waals surface area contributed by atoms with E-state index in [1.807, 2.05) is 50.3 Å². The van der Waals surface area contributed by atoms with Gasteiger partial charge in [-0.1, -0.05) is 85.1 Å². The summed E-state index contributed by atoms with van der Waals surface area (Å²) in [7, 11) is 2.74. The highest BCUT2D eigenvalue weighted by atomic mass is 79.9. The molecular weight excluding hydrogens is 802 g/mol. The van der Waals surface area contributed by atoms with Crippen molar-refractivity contribution in [2.75, 3.05) is 14.2 Å². The highest BCUT2D eigenvalue weighted by Crippen LogP contribution is 2.60. The molecule has 1 aliphatic carbocycles. The maximum atomic E-state index is 12.7. The first-order valence-electron chi connectivity index (χ1n) is 12.6. The van der Waals surface area contributed by atoms with Crippen LogP contribution in [-0.2, 0) is 30.4 Å². The predicted molar refractivity (Wildman–Crippen MR) is 182 cm³/mol. The minimum Gasteiger partial charge on any atom is -0.457 e. The van der Waals surface area contributed by atoms with Crippen LogP contribution >= 0.6 is 73.4 Å². The minimum atomic E-state index is -2.88. The lowest BCUT2D eigenvalue weighted by atomic mass is 10.1. The number of nitriles is 1. The molecule has 3 atom stereocenters. The first-order valence-corrected chi connectivity index (χ1v) is 17.9. The number of para-hydroxylation sites is 1. The van der Waals surface area contributed by atoms with Crippen molar-refractivity contribution >= 4 is 91.2 Å². The number of rotatable bonds is 10. The molecular formula is C29H26Br2Cl3N2O6PS. The van der Waals surface area contributed by atoms with Gasteiger partial charge in [0.15, 0.2) is 5.15 Å². The average Bonchev–Trinajstić information content (AvgIpc) is 3.53. The summed E-state index contributed by atoms with van der Waals surface area (Å²) >= 11 is 28.9. The predicted octanol–water partition coefficient (Wildman–Crippen LogP) is 10.4. The Morgan fingerprint density at radius 1 is 1.05 bits per heavy atom.